The minimum atomic E-state index is -1.09. The molecule has 0 unspecified atom stereocenters. The predicted octanol–water partition coefficient (Wildman–Crippen LogP) is 2.16. The topological polar surface area (TPSA) is 20.3 Å². The summed E-state index contributed by atoms with van der Waals surface area (Å²) in [4.78, 5) is 12.9. The van der Waals surface area contributed by atoms with Gasteiger partial charge in [-0.15, -0.1) is 0 Å². The van der Waals surface area contributed by atoms with Crippen LogP contribution in [0.5, 0.6) is 0 Å². The van der Waals surface area contributed by atoms with Gasteiger partial charge in [0.15, 0.2) is 0 Å². The lowest BCUT2D eigenvalue weighted by atomic mass is 9.83. The van der Waals surface area contributed by atoms with Gasteiger partial charge in [-0.25, -0.2) is 4.39 Å². The number of hydrogen-bond acceptors (Lipinski definition) is 1. The van der Waals surface area contributed by atoms with Crippen molar-refractivity contribution in [1.82, 2.24) is 4.90 Å². The van der Waals surface area contributed by atoms with Crippen LogP contribution in [0.3, 0.4) is 0 Å². The summed E-state index contributed by atoms with van der Waals surface area (Å²) in [5.74, 6) is -0.0562. The van der Waals surface area contributed by atoms with Crippen LogP contribution in [0.1, 0.15) is 26.7 Å². The van der Waals surface area contributed by atoms with Crippen LogP contribution >= 0.6 is 0 Å². The molecule has 0 aromatic carbocycles. The number of carbonyl (C=O) groups excluding carboxylic acids is 1. The summed E-state index contributed by atoms with van der Waals surface area (Å²) in [5, 5.41) is 0. The van der Waals surface area contributed by atoms with Crippen molar-refractivity contribution in [3.8, 4) is 0 Å². The van der Waals surface area contributed by atoms with Crippen molar-refractivity contribution in [2.24, 2.45) is 5.92 Å². The molecular formula is C11H18FNO. The van der Waals surface area contributed by atoms with Gasteiger partial charge in [0, 0.05) is 13.1 Å². The van der Waals surface area contributed by atoms with Crippen LogP contribution in [0.2, 0.25) is 0 Å². The summed E-state index contributed by atoms with van der Waals surface area (Å²) in [7, 11) is 0. The van der Waals surface area contributed by atoms with Crippen LogP contribution in [0, 0.1) is 5.92 Å². The number of rotatable bonds is 2. The van der Waals surface area contributed by atoms with Crippen molar-refractivity contribution in [3.63, 3.8) is 0 Å². The van der Waals surface area contributed by atoms with Crippen molar-refractivity contribution in [3.05, 3.63) is 12.7 Å². The zero-order valence-electron chi connectivity index (χ0n) is 8.92. The molecule has 3 heteroatoms. The minimum absolute atomic E-state index is 0.0310. The number of hydrogen-bond donors (Lipinski definition) is 0. The predicted molar refractivity (Wildman–Crippen MR) is 54.7 cm³/mol. The van der Waals surface area contributed by atoms with Crippen molar-refractivity contribution in [2.75, 3.05) is 13.1 Å². The van der Waals surface area contributed by atoms with Gasteiger partial charge in [0.25, 0.3) is 0 Å². The van der Waals surface area contributed by atoms with Crippen molar-refractivity contribution in [2.45, 2.75) is 32.4 Å². The van der Waals surface area contributed by atoms with Gasteiger partial charge in [-0.3, -0.25) is 4.79 Å². The maximum atomic E-state index is 14.1. The van der Waals surface area contributed by atoms with Gasteiger partial charge in [-0.1, -0.05) is 20.4 Å². The summed E-state index contributed by atoms with van der Waals surface area (Å²) >= 11 is 0. The van der Waals surface area contributed by atoms with E-state index < -0.39 is 5.67 Å². The fourth-order valence-corrected chi connectivity index (χ4v) is 1.81. The molecule has 0 spiro atoms. The van der Waals surface area contributed by atoms with Gasteiger partial charge in [0.05, 0.1) is 0 Å². The minimum Gasteiger partial charge on any atom is -0.339 e. The molecule has 0 radical (unpaired) electrons. The first kappa shape index (κ1) is 11.2. The molecule has 0 atom stereocenters. The molecule has 0 aliphatic carbocycles. The number of likely N-dealkylation sites (tertiary alicyclic amines) is 1. The Kier molecular flexibility index (Phi) is 3.29. The lowest BCUT2D eigenvalue weighted by Gasteiger charge is -2.38. The summed E-state index contributed by atoms with van der Waals surface area (Å²) in [5.41, 5.74) is -1.09. The first-order chi connectivity index (χ1) is 6.49. The second-order valence-corrected chi connectivity index (χ2v) is 4.22. The number of halogens is 1. The van der Waals surface area contributed by atoms with Crippen LogP contribution in [0.15, 0.2) is 12.7 Å². The Labute approximate surface area is 84.8 Å². The largest absolute Gasteiger partial charge is 0.339 e. The molecule has 1 heterocycles. The van der Waals surface area contributed by atoms with E-state index in [9.17, 15) is 9.18 Å². The van der Waals surface area contributed by atoms with Crippen LogP contribution in [-0.4, -0.2) is 29.6 Å². The highest BCUT2D eigenvalue weighted by atomic mass is 19.1. The molecule has 0 bridgehead atoms. The number of carbonyl (C=O) groups is 1. The Bertz CT molecular complexity index is 229. The third-order valence-electron chi connectivity index (χ3n) is 3.12. The zero-order valence-corrected chi connectivity index (χ0v) is 8.92. The molecule has 0 aromatic heterocycles. The Hall–Kier alpha value is -0.860. The van der Waals surface area contributed by atoms with E-state index in [2.05, 4.69) is 6.58 Å². The van der Waals surface area contributed by atoms with Crippen molar-refractivity contribution < 1.29 is 9.18 Å². The first-order valence-electron chi connectivity index (χ1n) is 5.10. The van der Waals surface area contributed by atoms with E-state index in [1.54, 1.807) is 4.90 Å². The van der Waals surface area contributed by atoms with E-state index in [1.165, 1.54) is 6.08 Å². The Morgan fingerprint density at radius 3 is 2.36 bits per heavy atom. The SMILES string of the molecule is C=CC(=O)N1CCC(F)(C(C)C)CC1. The van der Waals surface area contributed by atoms with E-state index in [-0.39, 0.29) is 11.8 Å². The van der Waals surface area contributed by atoms with E-state index >= 15 is 0 Å². The standard InChI is InChI=1S/C11H18FNO/c1-4-10(14)13-7-5-11(12,6-8-13)9(2)3/h4,9H,1,5-8H2,2-3H3. The molecule has 1 saturated heterocycles. The van der Waals surface area contributed by atoms with Gasteiger partial charge in [0.2, 0.25) is 5.91 Å². The van der Waals surface area contributed by atoms with Crippen LogP contribution in [0.4, 0.5) is 4.39 Å². The second kappa shape index (κ2) is 4.11. The lowest BCUT2D eigenvalue weighted by molar-refractivity contribution is -0.129. The van der Waals surface area contributed by atoms with Gasteiger partial charge in [0.1, 0.15) is 5.67 Å². The smallest absolute Gasteiger partial charge is 0.245 e. The zero-order chi connectivity index (χ0) is 10.8. The van der Waals surface area contributed by atoms with Gasteiger partial charge >= 0.3 is 0 Å². The van der Waals surface area contributed by atoms with Crippen molar-refractivity contribution in [1.29, 1.82) is 0 Å². The highest BCUT2D eigenvalue weighted by Crippen LogP contribution is 2.33. The Morgan fingerprint density at radius 1 is 1.50 bits per heavy atom. The van der Waals surface area contributed by atoms with E-state index in [0.717, 1.165) is 0 Å². The molecule has 1 aliphatic rings. The third-order valence-corrected chi connectivity index (χ3v) is 3.12. The molecule has 1 amide bonds. The molecule has 1 aliphatic heterocycles. The molecule has 1 rings (SSSR count). The Balaban J connectivity index is 2.53. The number of piperidine rings is 1. The van der Waals surface area contributed by atoms with Gasteiger partial charge in [-0.05, 0) is 24.8 Å². The van der Waals surface area contributed by atoms with Crippen LogP contribution in [-0.2, 0) is 4.79 Å². The van der Waals surface area contributed by atoms with Crippen molar-refractivity contribution >= 4 is 5.91 Å². The fraction of sp³-hybridized carbons (Fsp3) is 0.727. The normalized spacial score (nSPS) is 21.0. The number of alkyl halides is 1. The summed E-state index contributed by atoms with van der Waals surface area (Å²) in [6.07, 6.45) is 2.19. The Morgan fingerprint density at radius 2 is 2.00 bits per heavy atom. The second-order valence-electron chi connectivity index (χ2n) is 4.22. The first-order valence-corrected chi connectivity index (χ1v) is 5.10. The van der Waals surface area contributed by atoms with Crippen LogP contribution < -0.4 is 0 Å². The number of nitrogens with zero attached hydrogens (tertiary/aromatic N) is 1. The summed E-state index contributed by atoms with van der Waals surface area (Å²) < 4.78 is 14.1. The highest BCUT2D eigenvalue weighted by Gasteiger charge is 2.37. The molecule has 0 N–H and O–H groups in total. The average Bonchev–Trinajstić information content (AvgIpc) is 2.17. The molecule has 14 heavy (non-hydrogen) atoms. The summed E-state index contributed by atoms with van der Waals surface area (Å²) in [6, 6.07) is 0. The molecule has 0 saturated carbocycles. The average molecular weight is 199 g/mol. The molecule has 1 fully saturated rings. The highest BCUT2D eigenvalue weighted by molar-refractivity contribution is 5.87. The number of amides is 1. The molecular weight excluding hydrogens is 181 g/mol. The fourth-order valence-electron chi connectivity index (χ4n) is 1.81. The summed E-state index contributed by atoms with van der Waals surface area (Å²) in [6.45, 7) is 8.24. The molecule has 0 aromatic rings. The van der Waals surface area contributed by atoms with Gasteiger partial charge in [-0.2, -0.15) is 0 Å². The maximum Gasteiger partial charge on any atom is 0.245 e. The van der Waals surface area contributed by atoms with E-state index in [1.807, 2.05) is 13.8 Å². The van der Waals surface area contributed by atoms with E-state index in [4.69, 9.17) is 0 Å². The van der Waals surface area contributed by atoms with E-state index in [0.29, 0.717) is 25.9 Å². The van der Waals surface area contributed by atoms with Crippen LogP contribution in [0.25, 0.3) is 0 Å². The lowest BCUT2D eigenvalue weighted by Crippen LogP contribution is -2.46. The monoisotopic (exact) mass is 199 g/mol. The quantitative estimate of drug-likeness (QED) is 0.624. The third kappa shape index (κ3) is 2.14. The maximum absolute atomic E-state index is 14.1. The van der Waals surface area contributed by atoms with Gasteiger partial charge < -0.3 is 4.90 Å². The molecule has 80 valence electrons. The molecule has 2 nitrogen and oxygen atoms in total.